The van der Waals surface area contributed by atoms with Gasteiger partial charge in [-0.1, -0.05) is 35.5 Å². The van der Waals surface area contributed by atoms with E-state index in [1.54, 1.807) is 6.07 Å². The first-order valence-corrected chi connectivity index (χ1v) is 8.98. The highest BCUT2D eigenvalue weighted by molar-refractivity contribution is 7.16. The molecule has 0 N–H and O–H groups in total. The molecule has 0 bridgehead atoms. The zero-order chi connectivity index (χ0) is 18.1. The van der Waals surface area contributed by atoms with E-state index in [1.165, 1.54) is 11.3 Å². The number of aryl methyl sites for hydroxylation is 1. The van der Waals surface area contributed by atoms with Gasteiger partial charge in [0, 0.05) is 0 Å². The molecule has 0 unspecified atom stereocenters. The fourth-order valence-electron chi connectivity index (χ4n) is 2.82. The molecule has 130 valence electrons. The van der Waals surface area contributed by atoms with Crippen LogP contribution in [0.1, 0.15) is 5.56 Å². The van der Waals surface area contributed by atoms with Gasteiger partial charge in [-0.05, 0) is 36.8 Å². The molecule has 1 amide bonds. The minimum atomic E-state index is -0.767. The van der Waals surface area contributed by atoms with E-state index in [0.29, 0.717) is 22.8 Å². The fourth-order valence-corrected chi connectivity index (χ4v) is 3.95. The minimum Gasteiger partial charge on any atom is -0.485 e. The smallest absolute Gasteiger partial charge is 0.292 e. The summed E-state index contributed by atoms with van der Waals surface area (Å²) in [7, 11) is 0. The maximum absolute atomic E-state index is 12.6. The number of carbonyl (C=O) groups excluding carboxylic acids is 1. The van der Waals surface area contributed by atoms with E-state index in [-0.39, 0.29) is 12.5 Å². The van der Waals surface area contributed by atoms with Crippen LogP contribution in [0.3, 0.4) is 0 Å². The Balaban J connectivity index is 1.71. The number of thiazole rings is 1. The van der Waals surface area contributed by atoms with Crippen molar-refractivity contribution in [1.29, 1.82) is 0 Å². The number of rotatable bonds is 2. The van der Waals surface area contributed by atoms with Gasteiger partial charge in [0.25, 0.3) is 5.91 Å². The molecular formula is C20H16N2O3S. The summed E-state index contributed by atoms with van der Waals surface area (Å²) in [5.41, 5.74) is 2.11. The Bertz CT molecular complexity index is 1100. The number of amides is 1. The molecule has 1 atom stereocenters. The van der Waals surface area contributed by atoms with Crippen molar-refractivity contribution in [1.82, 2.24) is 4.57 Å². The van der Waals surface area contributed by atoms with E-state index >= 15 is 0 Å². The third-order valence-corrected chi connectivity index (χ3v) is 5.12. The third kappa shape index (κ3) is 2.98. The number of terminal acetylenes is 1. The van der Waals surface area contributed by atoms with Crippen molar-refractivity contribution >= 4 is 27.5 Å². The molecule has 0 fully saturated rings. The van der Waals surface area contributed by atoms with E-state index in [2.05, 4.69) is 17.0 Å². The van der Waals surface area contributed by atoms with E-state index in [9.17, 15) is 4.79 Å². The monoisotopic (exact) mass is 364 g/mol. The number of ether oxygens (including phenoxy) is 2. The molecule has 5 nitrogen and oxygen atoms in total. The molecule has 6 heteroatoms. The van der Waals surface area contributed by atoms with Crippen LogP contribution in [0.4, 0.5) is 0 Å². The summed E-state index contributed by atoms with van der Waals surface area (Å²) in [6.45, 7) is 2.51. The van der Waals surface area contributed by atoms with Gasteiger partial charge in [-0.3, -0.25) is 4.79 Å². The summed E-state index contributed by atoms with van der Waals surface area (Å²) >= 11 is 1.44. The summed E-state index contributed by atoms with van der Waals surface area (Å²) < 4.78 is 14.3. The second-order valence-corrected chi connectivity index (χ2v) is 6.97. The van der Waals surface area contributed by atoms with E-state index in [1.807, 2.05) is 41.8 Å². The van der Waals surface area contributed by atoms with Crippen LogP contribution < -0.4 is 14.3 Å². The summed E-state index contributed by atoms with van der Waals surface area (Å²) in [4.78, 5) is 17.5. The highest BCUT2D eigenvalue weighted by Gasteiger charge is 2.27. The topological polar surface area (TPSA) is 52.8 Å². The van der Waals surface area contributed by atoms with Crippen molar-refractivity contribution in [3.63, 3.8) is 0 Å². The van der Waals surface area contributed by atoms with Gasteiger partial charge in [0.15, 0.2) is 16.3 Å². The number of para-hydroxylation sites is 2. The zero-order valence-corrected chi connectivity index (χ0v) is 15.0. The molecule has 4 rings (SSSR count). The fraction of sp³-hybridized carbons (Fsp3) is 0.200. The first kappa shape index (κ1) is 16.4. The Hall–Kier alpha value is -3.04. The van der Waals surface area contributed by atoms with Crippen molar-refractivity contribution in [3.05, 3.63) is 52.8 Å². The van der Waals surface area contributed by atoms with Crippen molar-refractivity contribution in [3.8, 4) is 23.8 Å². The number of fused-ring (bicyclic) bond motifs is 2. The van der Waals surface area contributed by atoms with Crippen LogP contribution in [0.2, 0.25) is 0 Å². The van der Waals surface area contributed by atoms with Crippen molar-refractivity contribution in [2.45, 2.75) is 19.6 Å². The zero-order valence-electron chi connectivity index (χ0n) is 14.1. The van der Waals surface area contributed by atoms with Crippen LogP contribution >= 0.6 is 11.3 Å². The molecule has 1 aliphatic heterocycles. The number of hydrogen-bond donors (Lipinski definition) is 0. The Labute approximate surface area is 154 Å². The average Bonchev–Trinajstić information content (AvgIpc) is 2.98. The van der Waals surface area contributed by atoms with Gasteiger partial charge < -0.3 is 14.0 Å². The van der Waals surface area contributed by atoms with E-state index < -0.39 is 6.10 Å². The molecular weight excluding hydrogens is 348 g/mol. The number of benzene rings is 2. The third-order valence-electron chi connectivity index (χ3n) is 4.08. The van der Waals surface area contributed by atoms with Crippen LogP contribution in [0.5, 0.6) is 11.5 Å². The van der Waals surface area contributed by atoms with Crippen LogP contribution in [-0.2, 0) is 11.3 Å². The Morgan fingerprint density at radius 3 is 2.96 bits per heavy atom. The predicted octanol–water partition coefficient (Wildman–Crippen LogP) is 2.91. The largest absolute Gasteiger partial charge is 0.485 e. The lowest BCUT2D eigenvalue weighted by molar-refractivity contribution is -0.127. The van der Waals surface area contributed by atoms with Crippen LogP contribution in [0.15, 0.2) is 47.5 Å². The minimum absolute atomic E-state index is 0.137. The normalized spacial score (nSPS) is 16.5. The van der Waals surface area contributed by atoms with Gasteiger partial charge in [-0.25, -0.2) is 0 Å². The van der Waals surface area contributed by atoms with Gasteiger partial charge in [-0.15, -0.1) is 6.42 Å². The van der Waals surface area contributed by atoms with Crippen LogP contribution in [-0.4, -0.2) is 23.2 Å². The van der Waals surface area contributed by atoms with Crippen LogP contribution in [0.25, 0.3) is 10.2 Å². The van der Waals surface area contributed by atoms with Gasteiger partial charge in [0.2, 0.25) is 6.10 Å². The second kappa shape index (κ2) is 6.70. The first-order valence-electron chi connectivity index (χ1n) is 8.16. The molecule has 26 heavy (non-hydrogen) atoms. The standard InChI is InChI=1S/C20H16N2O3S/c1-3-10-22-14-9-8-13(2)11-18(14)26-20(22)21-19(23)17-12-24-15-6-4-5-7-16(15)25-17/h1,4-9,11,17H,10,12H2,2H3/t17-/m0/s1. The molecule has 0 radical (unpaired) electrons. The second-order valence-electron chi connectivity index (χ2n) is 5.96. The Morgan fingerprint density at radius 2 is 2.15 bits per heavy atom. The molecule has 1 aliphatic rings. The van der Waals surface area contributed by atoms with E-state index in [0.717, 1.165) is 15.8 Å². The summed E-state index contributed by atoms with van der Waals surface area (Å²) in [5.74, 6) is 3.43. The number of aromatic nitrogens is 1. The van der Waals surface area contributed by atoms with Crippen molar-refractivity contribution in [2.24, 2.45) is 4.99 Å². The van der Waals surface area contributed by atoms with Gasteiger partial charge in [-0.2, -0.15) is 4.99 Å². The van der Waals surface area contributed by atoms with Crippen molar-refractivity contribution < 1.29 is 14.3 Å². The number of nitrogens with zero attached hydrogens (tertiary/aromatic N) is 2. The Kier molecular flexibility index (Phi) is 4.23. The molecule has 3 aromatic rings. The van der Waals surface area contributed by atoms with Gasteiger partial charge >= 0.3 is 0 Å². The summed E-state index contributed by atoms with van der Waals surface area (Å²) in [6.07, 6.45) is 4.73. The highest BCUT2D eigenvalue weighted by atomic mass is 32.1. The quantitative estimate of drug-likeness (QED) is 0.657. The maximum Gasteiger partial charge on any atom is 0.292 e. The lowest BCUT2D eigenvalue weighted by Gasteiger charge is -2.23. The van der Waals surface area contributed by atoms with Gasteiger partial charge in [0.1, 0.15) is 6.61 Å². The number of hydrogen-bond acceptors (Lipinski definition) is 4. The van der Waals surface area contributed by atoms with Crippen molar-refractivity contribution in [2.75, 3.05) is 6.61 Å². The highest BCUT2D eigenvalue weighted by Crippen LogP contribution is 2.31. The van der Waals surface area contributed by atoms with E-state index in [4.69, 9.17) is 15.9 Å². The molecule has 0 aliphatic carbocycles. The molecule has 0 spiro atoms. The average molecular weight is 364 g/mol. The molecule has 0 saturated heterocycles. The maximum atomic E-state index is 12.6. The lowest BCUT2D eigenvalue weighted by atomic mass is 10.2. The molecule has 2 aromatic carbocycles. The van der Waals surface area contributed by atoms with Crippen LogP contribution in [0, 0.1) is 19.3 Å². The summed E-state index contributed by atoms with van der Waals surface area (Å²) in [6, 6.07) is 13.4. The predicted molar refractivity (Wildman–Crippen MR) is 100 cm³/mol. The Morgan fingerprint density at radius 1 is 1.35 bits per heavy atom. The lowest BCUT2D eigenvalue weighted by Crippen LogP contribution is -2.36. The number of carbonyl (C=O) groups is 1. The molecule has 1 aromatic heterocycles. The molecule has 0 saturated carbocycles. The SMILES string of the molecule is C#CCn1c(=NC(=O)[C@@H]2COc3ccccc3O2)sc2cc(C)ccc21. The molecule has 2 heterocycles. The van der Waals surface area contributed by atoms with Gasteiger partial charge in [0.05, 0.1) is 16.8 Å². The summed E-state index contributed by atoms with van der Waals surface area (Å²) in [5, 5.41) is 0. The first-order chi connectivity index (χ1) is 12.7.